The maximum Gasteiger partial charge on any atom is 0.194 e. The average molecular weight is 332 g/mol. The predicted octanol–water partition coefficient (Wildman–Crippen LogP) is 3.96. The van der Waals surface area contributed by atoms with Crippen LogP contribution in [0.1, 0.15) is 0 Å². The standard InChI is InChI=1S/C15H9IO/c16-12-8-7-11-6-5-10-3-1-2-4-13(10)15(17)14(11)9-12/h1-9H. The normalized spacial score (nSPS) is 10.9. The summed E-state index contributed by atoms with van der Waals surface area (Å²) >= 11 is 2.23. The van der Waals surface area contributed by atoms with E-state index in [2.05, 4.69) is 22.6 Å². The Labute approximate surface area is 112 Å². The van der Waals surface area contributed by atoms with Gasteiger partial charge in [-0.2, -0.15) is 0 Å². The molecule has 0 aliphatic heterocycles. The summed E-state index contributed by atoms with van der Waals surface area (Å²) in [6.07, 6.45) is 0. The molecule has 0 heterocycles. The van der Waals surface area contributed by atoms with Crippen molar-refractivity contribution < 1.29 is 0 Å². The molecule has 17 heavy (non-hydrogen) atoms. The Morgan fingerprint density at radius 1 is 0.765 bits per heavy atom. The Balaban J connectivity index is 2.65. The van der Waals surface area contributed by atoms with E-state index in [0.29, 0.717) is 0 Å². The van der Waals surface area contributed by atoms with Crippen LogP contribution in [0, 0.1) is 3.57 Å². The van der Waals surface area contributed by atoms with Gasteiger partial charge in [0.15, 0.2) is 5.43 Å². The molecule has 0 aliphatic rings. The van der Waals surface area contributed by atoms with Gasteiger partial charge in [-0.25, -0.2) is 0 Å². The molecule has 0 aromatic heterocycles. The van der Waals surface area contributed by atoms with Crippen molar-refractivity contribution in [2.75, 3.05) is 0 Å². The lowest BCUT2D eigenvalue weighted by atomic mass is 10.1. The zero-order valence-corrected chi connectivity index (χ0v) is 11.1. The molecule has 0 unspecified atom stereocenters. The van der Waals surface area contributed by atoms with Gasteiger partial charge in [-0.15, -0.1) is 0 Å². The van der Waals surface area contributed by atoms with Crippen molar-refractivity contribution in [3.63, 3.8) is 0 Å². The highest BCUT2D eigenvalue weighted by Crippen LogP contribution is 2.17. The van der Waals surface area contributed by atoms with Crippen LogP contribution in [0.5, 0.6) is 0 Å². The molecule has 3 aromatic carbocycles. The highest BCUT2D eigenvalue weighted by molar-refractivity contribution is 14.1. The first-order valence-corrected chi connectivity index (χ1v) is 6.45. The number of hydrogen-bond acceptors (Lipinski definition) is 1. The smallest absolute Gasteiger partial charge is 0.194 e. The molecule has 0 spiro atoms. The third-order valence-electron chi connectivity index (χ3n) is 2.91. The monoisotopic (exact) mass is 332 g/mol. The van der Waals surface area contributed by atoms with Crippen molar-refractivity contribution in [3.8, 4) is 0 Å². The van der Waals surface area contributed by atoms with Crippen LogP contribution in [0.4, 0.5) is 0 Å². The van der Waals surface area contributed by atoms with Crippen LogP contribution in [-0.2, 0) is 0 Å². The summed E-state index contributed by atoms with van der Waals surface area (Å²) in [5.74, 6) is 0. The first-order valence-electron chi connectivity index (χ1n) is 5.37. The molecular formula is C15H9IO. The average Bonchev–Trinajstić information content (AvgIpc) is 2.49. The Hall–Kier alpha value is -1.42. The van der Waals surface area contributed by atoms with Gasteiger partial charge in [0.2, 0.25) is 0 Å². The van der Waals surface area contributed by atoms with Gasteiger partial charge in [-0.3, -0.25) is 4.79 Å². The van der Waals surface area contributed by atoms with Gasteiger partial charge in [-0.05, 0) is 45.5 Å². The zero-order chi connectivity index (χ0) is 11.8. The minimum absolute atomic E-state index is 0.110. The third-order valence-corrected chi connectivity index (χ3v) is 3.58. The molecule has 0 fully saturated rings. The first kappa shape index (κ1) is 10.7. The predicted molar refractivity (Wildman–Crippen MR) is 80.4 cm³/mol. The van der Waals surface area contributed by atoms with Gasteiger partial charge in [0.05, 0.1) is 0 Å². The maximum absolute atomic E-state index is 12.4. The molecule has 0 N–H and O–H groups in total. The van der Waals surface area contributed by atoms with E-state index in [1.54, 1.807) is 0 Å². The van der Waals surface area contributed by atoms with E-state index in [9.17, 15) is 4.79 Å². The molecule has 2 heteroatoms. The molecule has 0 saturated heterocycles. The molecule has 0 bridgehead atoms. The summed E-state index contributed by atoms with van der Waals surface area (Å²) in [5, 5.41) is 3.55. The van der Waals surface area contributed by atoms with Crippen LogP contribution in [0.2, 0.25) is 0 Å². The van der Waals surface area contributed by atoms with Crippen LogP contribution in [0.15, 0.2) is 59.4 Å². The zero-order valence-electron chi connectivity index (χ0n) is 8.98. The fourth-order valence-corrected chi connectivity index (χ4v) is 2.54. The van der Waals surface area contributed by atoms with Gasteiger partial charge in [0.25, 0.3) is 0 Å². The molecule has 0 amide bonds. The van der Waals surface area contributed by atoms with Gasteiger partial charge in [0.1, 0.15) is 0 Å². The van der Waals surface area contributed by atoms with Gasteiger partial charge in [0, 0.05) is 14.3 Å². The SMILES string of the molecule is O=c1c2ccccc2ccc2ccc(I)cc12. The van der Waals surface area contributed by atoms with Crippen LogP contribution in [-0.4, -0.2) is 0 Å². The minimum Gasteiger partial charge on any atom is -0.289 e. The Kier molecular flexibility index (Phi) is 2.59. The Morgan fingerprint density at radius 2 is 1.41 bits per heavy atom. The van der Waals surface area contributed by atoms with Crippen LogP contribution >= 0.6 is 22.6 Å². The van der Waals surface area contributed by atoms with Gasteiger partial charge < -0.3 is 0 Å². The van der Waals surface area contributed by atoms with Crippen molar-refractivity contribution in [1.29, 1.82) is 0 Å². The van der Waals surface area contributed by atoms with E-state index in [4.69, 9.17) is 0 Å². The summed E-state index contributed by atoms with van der Waals surface area (Å²) in [7, 11) is 0. The second-order valence-corrected chi connectivity index (χ2v) is 5.23. The number of benzene rings is 2. The molecule has 82 valence electrons. The quantitative estimate of drug-likeness (QED) is 0.570. The molecular weight excluding hydrogens is 323 g/mol. The highest BCUT2D eigenvalue weighted by atomic mass is 127. The largest absolute Gasteiger partial charge is 0.289 e. The Bertz CT molecular complexity index is 778. The lowest BCUT2D eigenvalue weighted by Gasteiger charge is -1.93. The van der Waals surface area contributed by atoms with Crippen LogP contribution in [0.25, 0.3) is 21.5 Å². The van der Waals surface area contributed by atoms with Gasteiger partial charge in [-0.1, -0.05) is 42.5 Å². The first-order chi connectivity index (χ1) is 8.25. The van der Waals surface area contributed by atoms with Crippen molar-refractivity contribution in [1.82, 2.24) is 0 Å². The molecule has 0 aliphatic carbocycles. The van der Waals surface area contributed by atoms with Crippen molar-refractivity contribution in [3.05, 3.63) is 68.4 Å². The summed E-state index contributed by atoms with van der Waals surface area (Å²) in [4.78, 5) is 12.4. The summed E-state index contributed by atoms with van der Waals surface area (Å²) in [6.45, 7) is 0. The van der Waals surface area contributed by atoms with Crippen molar-refractivity contribution >= 4 is 44.1 Å². The van der Waals surface area contributed by atoms with Gasteiger partial charge >= 0.3 is 0 Å². The number of rotatable bonds is 0. The maximum atomic E-state index is 12.4. The number of fused-ring (bicyclic) bond motifs is 2. The topological polar surface area (TPSA) is 17.1 Å². The van der Waals surface area contributed by atoms with E-state index in [1.165, 1.54) is 0 Å². The van der Waals surface area contributed by atoms with E-state index >= 15 is 0 Å². The summed E-state index contributed by atoms with van der Waals surface area (Å²) < 4.78 is 1.09. The fraction of sp³-hybridized carbons (Fsp3) is 0. The van der Waals surface area contributed by atoms with E-state index < -0.39 is 0 Å². The summed E-state index contributed by atoms with van der Waals surface area (Å²) in [6, 6.07) is 17.7. The number of hydrogen-bond donors (Lipinski definition) is 0. The third kappa shape index (κ3) is 1.82. The second-order valence-electron chi connectivity index (χ2n) is 3.98. The van der Waals surface area contributed by atoms with E-state index in [-0.39, 0.29) is 5.43 Å². The molecule has 0 atom stereocenters. The highest BCUT2D eigenvalue weighted by Gasteiger charge is 2.01. The molecule has 0 saturated carbocycles. The van der Waals surface area contributed by atoms with E-state index in [0.717, 1.165) is 25.1 Å². The fourth-order valence-electron chi connectivity index (χ4n) is 2.04. The van der Waals surface area contributed by atoms with Crippen LogP contribution < -0.4 is 5.43 Å². The lowest BCUT2D eigenvalue weighted by Crippen LogP contribution is -1.98. The number of halogens is 1. The summed E-state index contributed by atoms with van der Waals surface area (Å²) in [5.41, 5.74) is 0.110. The Morgan fingerprint density at radius 3 is 2.24 bits per heavy atom. The minimum atomic E-state index is 0.110. The van der Waals surface area contributed by atoms with E-state index in [1.807, 2.05) is 54.6 Å². The van der Waals surface area contributed by atoms with Crippen molar-refractivity contribution in [2.24, 2.45) is 0 Å². The molecule has 1 nitrogen and oxygen atoms in total. The molecule has 3 rings (SSSR count). The lowest BCUT2D eigenvalue weighted by molar-refractivity contribution is 1.70. The second kappa shape index (κ2) is 4.11. The molecule has 3 aromatic rings. The van der Waals surface area contributed by atoms with Crippen molar-refractivity contribution in [2.45, 2.75) is 0 Å². The van der Waals surface area contributed by atoms with Crippen LogP contribution in [0.3, 0.4) is 0 Å². The molecule has 0 radical (unpaired) electrons.